The highest BCUT2D eigenvalue weighted by atomic mass is 32.2. The minimum absolute atomic E-state index is 0.141. The molecule has 2 rings (SSSR count). The maximum absolute atomic E-state index is 12.7. The molecule has 1 atom stereocenters. The molecule has 1 heterocycles. The number of primary sulfonamides is 1. The Hall–Kier alpha value is -1.92. The molecule has 12 heteroatoms. The molecule has 8 nitrogen and oxygen atoms in total. The van der Waals surface area contributed by atoms with Crippen molar-refractivity contribution in [3.05, 3.63) is 28.3 Å². The van der Waals surface area contributed by atoms with Gasteiger partial charge in [0.15, 0.2) is 0 Å². The highest BCUT2D eigenvalue weighted by molar-refractivity contribution is 7.89. The Kier molecular flexibility index (Phi) is 5.54. The van der Waals surface area contributed by atoms with Crippen LogP contribution in [0.25, 0.3) is 0 Å². The van der Waals surface area contributed by atoms with E-state index < -0.39 is 50.1 Å². The predicted molar refractivity (Wildman–Crippen MR) is 83.4 cm³/mol. The lowest BCUT2D eigenvalue weighted by Gasteiger charge is -2.37. The molecule has 1 aromatic carbocycles. The standard InChI is InChI=1S/C13H17F3N4O4S/c14-13(15,16)8-19-7-2-1-6-11(19)18-12-9(20(21)22)4-3-5-10(12)25(17,23)24/h3-5,11,18H,1-2,6-8H2,(H2,17,23,24). The molecule has 0 aromatic heterocycles. The van der Waals surface area contributed by atoms with E-state index >= 15 is 0 Å². The first-order valence-corrected chi connectivity index (χ1v) is 8.91. The molecular formula is C13H17F3N4O4S. The Balaban J connectivity index is 2.41. The summed E-state index contributed by atoms with van der Waals surface area (Å²) in [5.41, 5.74) is -0.960. The van der Waals surface area contributed by atoms with Crippen molar-refractivity contribution in [1.82, 2.24) is 4.90 Å². The van der Waals surface area contributed by atoms with Crippen LogP contribution in [0.5, 0.6) is 0 Å². The molecule has 0 radical (unpaired) electrons. The molecule has 3 N–H and O–H groups in total. The van der Waals surface area contributed by atoms with Crippen molar-refractivity contribution in [3.8, 4) is 0 Å². The lowest BCUT2D eigenvalue weighted by atomic mass is 10.1. The van der Waals surface area contributed by atoms with Crippen molar-refractivity contribution < 1.29 is 26.5 Å². The van der Waals surface area contributed by atoms with Crippen LogP contribution >= 0.6 is 0 Å². The summed E-state index contributed by atoms with van der Waals surface area (Å²) in [6.07, 6.45) is -3.89. The van der Waals surface area contributed by atoms with Crippen LogP contribution in [0, 0.1) is 10.1 Å². The van der Waals surface area contributed by atoms with Crippen molar-refractivity contribution in [2.24, 2.45) is 5.14 Å². The van der Waals surface area contributed by atoms with Gasteiger partial charge >= 0.3 is 6.18 Å². The lowest BCUT2D eigenvalue weighted by Crippen LogP contribution is -2.48. The average molecular weight is 382 g/mol. The van der Waals surface area contributed by atoms with Crippen LogP contribution in [0.15, 0.2) is 23.1 Å². The molecule has 1 saturated heterocycles. The van der Waals surface area contributed by atoms with Gasteiger partial charge in [-0.25, -0.2) is 13.6 Å². The Labute approximate surface area is 142 Å². The topological polar surface area (TPSA) is 119 Å². The van der Waals surface area contributed by atoms with Gasteiger partial charge in [-0.15, -0.1) is 0 Å². The van der Waals surface area contributed by atoms with E-state index in [1.807, 2.05) is 0 Å². The zero-order valence-electron chi connectivity index (χ0n) is 13.0. The number of nitrogens with two attached hydrogens (primary N) is 1. The first-order valence-electron chi connectivity index (χ1n) is 7.36. The molecule has 0 saturated carbocycles. The molecule has 140 valence electrons. The van der Waals surface area contributed by atoms with Crippen LogP contribution in [0.3, 0.4) is 0 Å². The van der Waals surface area contributed by atoms with Gasteiger partial charge < -0.3 is 5.32 Å². The summed E-state index contributed by atoms with van der Waals surface area (Å²) in [6.45, 7) is -1.06. The van der Waals surface area contributed by atoms with Crippen molar-refractivity contribution in [3.63, 3.8) is 0 Å². The fourth-order valence-corrected chi connectivity index (χ4v) is 3.51. The van der Waals surface area contributed by atoms with Crippen LogP contribution in [0.1, 0.15) is 19.3 Å². The minimum Gasteiger partial charge on any atom is -0.363 e. The molecule has 0 spiro atoms. The number of nitrogens with zero attached hydrogens (tertiary/aromatic N) is 2. The highest BCUT2D eigenvalue weighted by Crippen LogP contribution is 2.33. The summed E-state index contributed by atoms with van der Waals surface area (Å²) in [7, 11) is -4.30. The number of hydrogen-bond acceptors (Lipinski definition) is 6. The quantitative estimate of drug-likeness (QED) is 0.594. The number of anilines is 1. The number of nitrogens with one attached hydrogen (secondary N) is 1. The van der Waals surface area contributed by atoms with Crippen LogP contribution in [-0.4, -0.2) is 43.7 Å². The van der Waals surface area contributed by atoms with Gasteiger partial charge in [-0.2, -0.15) is 13.2 Å². The number of benzene rings is 1. The second-order valence-electron chi connectivity index (χ2n) is 5.69. The van der Waals surface area contributed by atoms with Gasteiger partial charge in [0.1, 0.15) is 10.6 Å². The smallest absolute Gasteiger partial charge is 0.363 e. The number of sulfonamides is 1. The van der Waals surface area contributed by atoms with E-state index in [9.17, 15) is 31.7 Å². The van der Waals surface area contributed by atoms with Gasteiger partial charge in [0.25, 0.3) is 5.69 Å². The second kappa shape index (κ2) is 7.14. The lowest BCUT2D eigenvalue weighted by molar-refractivity contribution is -0.384. The third kappa shape index (κ3) is 5.03. The van der Waals surface area contributed by atoms with Crippen molar-refractivity contribution in [1.29, 1.82) is 0 Å². The maximum atomic E-state index is 12.7. The highest BCUT2D eigenvalue weighted by Gasteiger charge is 2.36. The maximum Gasteiger partial charge on any atom is 0.401 e. The normalized spacial score (nSPS) is 19.6. The predicted octanol–water partition coefficient (Wildman–Crippen LogP) is 2.03. The zero-order chi connectivity index (χ0) is 18.8. The van der Waals surface area contributed by atoms with Crippen LogP contribution in [-0.2, 0) is 10.0 Å². The largest absolute Gasteiger partial charge is 0.401 e. The summed E-state index contributed by atoms with van der Waals surface area (Å²) in [6, 6.07) is 3.28. The summed E-state index contributed by atoms with van der Waals surface area (Å²) in [4.78, 5) is 10.9. The van der Waals surface area contributed by atoms with Gasteiger partial charge in [0.2, 0.25) is 10.0 Å². The Morgan fingerprint density at radius 2 is 2.04 bits per heavy atom. The average Bonchev–Trinajstić information content (AvgIpc) is 2.46. The number of nitro benzene ring substituents is 1. The number of piperidine rings is 1. The number of rotatable bonds is 5. The molecule has 0 amide bonds. The molecular weight excluding hydrogens is 365 g/mol. The fraction of sp³-hybridized carbons (Fsp3) is 0.538. The third-order valence-corrected chi connectivity index (χ3v) is 4.77. The number of para-hydroxylation sites is 1. The molecule has 1 unspecified atom stereocenters. The van der Waals surface area contributed by atoms with Crippen molar-refractivity contribution >= 4 is 21.4 Å². The minimum atomic E-state index is -4.44. The van der Waals surface area contributed by atoms with E-state index in [1.165, 1.54) is 0 Å². The molecule has 1 aliphatic heterocycles. The summed E-state index contributed by atoms with van der Waals surface area (Å²) in [5.74, 6) is 0. The molecule has 1 aliphatic rings. The Morgan fingerprint density at radius 1 is 1.36 bits per heavy atom. The van der Waals surface area contributed by atoms with E-state index in [4.69, 9.17) is 5.14 Å². The Bertz CT molecular complexity index is 754. The van der Waals surface area contributed by atoms with E-state index in [0.29, 0.717) is 12.8 Å². The summed E-state index contributed by atoms with van der Waals surface area (Å²) >= 11 is 0. The van der Waals surface area contributed by atoms with Gasteiger partial charge in [-0.3, -0.25) is 15.0 Å². The van der Waals surface area contributed by atoms with E-state index in [2.05, 4.69) is 5.32 Å². The molecule has 1 fully saturated rings. The second-order valence-corrected chi connectivity index (χ2v) is 7.22. The van der Waals surface area contributed by atoms with Gasteiger partial charge in [0, 0.05) is 12.6 Å². The molecule has 0 bridgehead atoms. The van der Waals surface area contributed by atoms with Crippen LogP contribution in [0.2, 0.25) is 0 Å². The molecule has 0 aliphatic carbocycles. The SMILES string of the molecule is NS(=O)(=O)c1cccc([N+](=O)[O-])c1NC1CCCCN1CC(F)(F)F. The molecule has 25 heavy (non-hydrogen) atoms. The molecule has 1 aromatic rings. The van der Waals surface area contributed by atoms with Crippen LogP contribution < -0.4 is 10.5 Å². The van der Waals surface area contributed by atoms with Crippen molar-refractivity contribution in [2.75, 3.05) is 18.4 Å². The van der Waals surface area contributed by atoms with Gasteiger partial charge in [-0.1, -0.05) is 6.07 Å². The number of nitro groups is 1. The first-order chi connectivity index (χ1) is 11.5. The zero-order valence-corrected chi connectivity index (χ0v) is 13.8. The van der Waals surface area contributed by atoms with Crippen molar-refractivity contribution in [2.45, 2.75) is 36.5 Å². The number of alkyl halides is 3. The fourth-order valence-electron chi connectivity index (χ4n) is 2.79. The van der Waals surface area contributed by atoms with Gasteiger partial charge in [-0.05, 0) is 25.3 Å². The number of hydrogen-bond donors (Lipinski definition) is 2. The number of likely N-dealkylation sites (tertiary alicyclic amines) is 1. The van der Waals surface area contributed by atoms with E-state index in [-0.39, 0.29) is 13.0 Å². The summed E-state index contributed by atoms with van der Waals surface area (Å²) < 4.78 is 61.6. The van der Waals surface area contributed by atoms with Crippen LogP contribution in [0.4, 0.5) is 24.5 Å². The monoisotopic (exact) mass is 382 g/mol. The summed E-state index contributed by atoms with van der Waals surface area (Å²) in [5, 5.41) is 18.9. The first kappa shape index (κ1) is 19.4. The third-order valence-electron chi connectivity index (χ3n) is 3.81. The van der Waals surface area contributed by atoms with Gasteiger partial charge in [0.05, 0.1) is 17.6 Å². The Morgan fingerprint density at radius 3 is 2.60 bits per heavy atom. The number of halogens is 3. The van der Waals surface area contributed by atoms with E-state index in [1.54, 1.807) is 0 Å². The van der Waals surface area contributed by atoms with E-state index in [0.717, 1.165) is 23.1 Å².